The summed E-state index contributed by atoms with van der Waals surface area (Å²) in [5.41, 5.74) is 2.59. The number of carbonyl (C=O) groups excluding carboxylic acids is 1. The van der Waals surface area contributed by atoms with Crippen molar-refractivity contribution in [3.8, 4) is 17.5 Å². The highest BCUT2D eigenvalue weighted by Gasteiger charge is 2.31. The first-order valence-electron chi connectivity index (χ1n) is 11.1. The predicted molar refractivity (Wildman–Crippen MR) is 131 cm³/mol. The van der Waals surface area contributed by atoms with Crippen molar-refractivity contribution in [2.45, 2.75) is 20.0 Å². The molecule has 0 atom stereocenters. The zero-order valence-electron chi connectivity index (χ0n) is 19.7. The van der Waals surface area contributed by atoms with Crippen LogP contribution < -0.4 is 5.32 Å². The van der Waals surface area contributed by atoms with Gasteiger partial charge in [0, 0.05) is 40.6 Å². The molecule has 5 aromatic rings. The molecule has 5 rings (SSSR count). The molecule has 0 radical (unpaired) electrons. The van der Waals surface area contributed by atoms with Crippen LogP contribution in [0.15, 0.2) is 73.3 Å². The van der Waals surface area contributed by atoms with Crippen molar-refractivity contribution in [2.75, 3.05) is 5.32 Å². The summed E-state index contributed by atoms with van der Waals surface area (Å²) in [6.07, 6.45) is -0.234. The number of aryl methyl sites for hydroxylation is 2. The Balaban J connectivity index is 1.45. The number of alkyl halides is 3. The van der Waals surface area contributed by atoms with Crippen LogP contribution in [-0.4, -0.2) is 30.1 Å². The van der Waals surface area contributed by atoms with Gasteiger partial charge in [-0.2, -0.15) is 13.2 Å². The van der Waals surface area contributed by atoms with Gasteiger partial charge in [0.15, 0.2) is 5.65 Å². The molecule has 1 amide bonds. The van der Waals surface area contributed by atoms with E-state index in [0.717, 1.165) is 23.4 Å². The lowest BCUT2D eigenvalue weighted by Crippen LogP contribution is -2.14. The Morgan fingerprint density at radius 1 is 1.00 bits per heavy atom. The zero-order chi connectivity index (χ0) is 26.2. The third-order valence-corrected chi connectivity index (χ3v) is 5.74. The van der Waals surface area contributed by atoms with Crippen LogP contribution in [0.4, 0.5) is 18.9 Å². The monoisotopic (exact) mass is 500 g/mol. The fraction of sp³-hybridized carbons (Fsp3) is 0.111. The number of rotatable bonds is 3. The highest BCUT2D eigenvalue weighted by atomic mass is 19.4. The Labute approximate surface area is 209 Å². The number of anilines is 1. The quantitative estimate of drug-likeness (QED) is 0.346. The van der Waals surface area contributed by atoms with Crippen LogP contribution in [0.1, 0.15) is 38.6 Å². The van der Waals surface area contributed by atoms with Gasteiger partial charge in [-0.3, -0.25) is 9.20 Å². The van der Waals surface area contributed by atoms with E-state index in [0.29, 0.717) is 17.0 Å². The first-order chi connectivity index (χ1) is 17.7. The predicted octanol–water partition coefficient (Wildman–Crippen LogP) is 5.20. The molecular weight excluding hydrogens is 481 g/mol. The van der Waals surface area contributed by atoms with Crippen LogP contribution in [-0.2, 0) is 6.18 Å². The number of pyridine rings is 1. The molecule has 0 bridgehead atoms. The standard InChI is InChI=1S/C27H19F3N6O/c1-17-6-7-20(12-19(17)8-9-25-34-33-24-5-3-4-18(2)36(24)25)26(37)32-22-13-21(27(28,29)30)14-23(15-22)35-11-10-31-16-35/h3-7,10-16H,1-2H3,(H,32,37). The van der Waals surface area contributed by atoms with E-state index in [1.54, 1.807) is 18.2 Å². The number of amides is 1. The molecule has 0 aliphatic carbocycles. The molecule has 3 heterocycles. The molecule has 0 unspecified atom stereocenters. The van der Waals surface area contributed by atoms with E-state index in [2.05, 4.69) is 32.3 Å². The molecule has 3 aromatic heterocycles. The SMILES string of the molecule is Cc1ccc(C(=O)Nc2cc(-n3ccnc3)cc(C(F)(F)F)c2)cc1C#Cc1nnc2cccc(C)n12. The fourth-order valence-electron chi connectivity index (χ4n) is 3.81. The Bertz CT molecular complexity index is 1690. The summed E-state index contributed by atoms with van der Waals surface area (Å²) >= 11 is 0. The average Bonchev–Trinajstić information content (AvgIpc) is 3.54. The molecule has 1 N–H and O–H groups in total. The number of hydrogen-bond acceptors (Lipinski definition) is 4. The molecule has 0 saturated heterocycles. The zero-order valence-corrected chi connectivity index (χ0v) is 19.7. The minimum Gasteiger partial charge on any atom is -0.322 e. The molecule has 10 heteroatoms. The number of carbonyl (C=O) groups is 1. The summed E-state index contributed by atoms with van der Waals surface area (Å²) in [5.74, 6) is 5.93. The van der Waals surface area contributed by atoms with Crippen molar-refractivity contribution in [1.82, 2.24) is 24.1 Å². The van der Waals surface area contributed by atoms with Crippen LogP contribution in [0.3, 0.4) is 0 Å². The Morgan fingerprint density at radius 3 is 2.59 bits per heavy atom. The van der Waals surface area contributed by atoms with Crippen molar-refractivity contribution in [3.05, 3.63) is 107 Å². The topological polar surface area (TPSA) is 77.1 Å². The molecule has 0 aliphatic rings. The third kappa shape index (κ3) is 4.92. The number of hydrogen-bond donors (Lipinski definition) is 1. The fourth-order valence-corrected chi connectivity index (χ4v) is 3.81. The molecule has 0 aliphatic heterocycles. The maximum Gasteiger partial charge on any atom is 0.416 e. The molecule has 0 fully saturated rings. The molecule has 37 heavy (non-hydrogen) atoms. The smallest absolute Gasteiger partial charge is 0.322 e. The van der Waals surface area contributed by atoms with E-state index < -0.39 is 17.6 Å². The normalized spacial score (nSPS) is 11.3. The number of fused-ring (bicyclic) bond motifs is 1. The molecule has 7 nitrogen and oxygen atoms in total. The summed E-state index contributed by atoms with van der Waals surface area (Å²) in [7, 11) is 0. The van der Waals surface area contributed by atoms with E-state index in [1.807, 2.05) is 36.4 Å². The van der Waals surface area contributed by atoms with Gasteiger partial charge in [0.2, 0.25) is 5.82 Å². The van der Waals surface area contributed by atoms with Gasteiger partial charge in [0.1, 0.15) is 0 Å². The van der Waals surface area contributed by atoms with Crippen LogP contribution in [0.2, 0.25) is 0 Å². The number of benzene rings is 2. The number of nitrogens with one attached hydrogen (secondary N) is 1. The van der Waals surface area contributed by atoms with Crippen molar-refractivity contribution < 1.29 is 18.0 Å². The van der Waals surface area contributed by atoms with E-state index >= 15 is 0 Å². The highest BCUT2D eigenvalue weighted by Crippen LogP contribution is 2.33. The van der Waals surface area contributed by atoms with Crippen molar-refractivity contribution >= 4 is 17.2 Å². The van der Waals surface area contributed by atoms with Crippen LogP contribution >= 0.6 is 0 Å². The largest absolute Gasteiger partial charge is 0.416 e. The van der Waals surface area contributed by atoms with E-state index in [4.69, 9.17) is 0 Å². The first-order valence-corrected chi connectivity index (χ1v) is 11.1. The molecule has 0 spiro atoms. The first kappa shape index (κ1) is 23.8. The molecular formula is C27H19F3N6O. The number of nitrogens with zero attached hydrogens (tertiary/aromatic N) is 5. The van der Waals surface area contributed by atoms with Crippen LogP contribution in [0, 0.1) is 25.7 Å². The Hall–Kier alpha value is -4.91. The summed E-state index contributed by atoms with van der Waals surface area (Å²) in [6, 6.07) is 13.9. The molecule has 0 saturated carbocycles. The van der Waals surface area contributed by atoms with Gasteiger partial charge in [-0.05, 0) is 67.8 Å². The average molecular weight is 500 g/mol. The van der Waals surface area contributed by atoms with Gasteiger partial charge in [0.05, 0.1) is 11.9 Å². The molecule has 184 valence electrons. The van der Waals surface area contributed by atoms with Gasteiger partial charge in [-0.15, -0.1) is 10.2 Å². The molecule has 2 aromatic carbocycles. The highest BCUT2D eigenvalue weighted by molar-refractivity contribution is 6.04. The van der Waals surface area contributed by atoms with Gasteiger partial charge in [-0.25, -0.2) is 4.98 Å². The van der Waals surface area contributed by atoms with Gasteiger partial charge in [-0.1, -0.05) is 18.1 Å². The van der Waals surface area contributed by atoms with E-state index in [-0.39, 0.29) is 16.9 Å². The van der Waals surface area contributed by atoms with Crippen molar-refractivity contribution in [2.24, 2.45) is 0 Å². The Morgan fingerprint density at radius 2 is 1.84 bits per heavy atom. The number of halogens is 3. The van der Waals surface area contributed by atoms with Gasteiger partial charge >= 0.3 is 6.18 Å². The second-order valence-corrected chi connectivity index (χ2v) is 8.35. The summed E-state index contributed by atoms with van der Waals surface area (Å²) in [5, 5.41) is 10.8. The second kappa shape index (κ2) is 9.28. The summed E-state index contributed by atoms with van der Waals surface area (Å²) in [6.45, 7) is 3.77. The minimum atomic E-state index is -4.59. The Kier molecular flexibility index (Phi) is 5.97. The number of imidazole rings is 1. The minimum absolute atomic E-state index is 0.00198. The van der Waals surface area contributed by atoms with E-state index in [9.17, 15) is 18.0 Å². The van der Waals surface area contributed by atoms with Gasteiger partial charge in [0.25, 0.3) is 5.91 Å². The van der Waals surface area contributed by atoms with Crippen LogP contribution in [0.25, 0.3) is 11.3 Å². The second-order valence-electron chi connectivity index (χ2n) is 8.35. The third-order valence-electron chi connectivity index (χ3n) is 5.74. The van der Waals surface area contributed by atoms with Crippen molar-refractivity contribution in [3.63, 3.8) is 0 Å². The van der Waals surface area contributed by atoms with Crippen molar-refractivity contribution in [1.29, 1.82) is 0 Å². The summed E-state index contributed by atoms with van der Waals surface area (Å²) < 4.78 is 43.8. The maximum atomic E-state index is 13.5. The lowest BCUT2D eigenvalue weighted by Gasteiger charge is -2.14. The number of aromatic nitrogens is 5. The lowest BCUT2D eigenvalue weighted by atomic mass is 10.0. The van der Waals surface area contributed by atoms with Gasteiger partial charge < -0.3 is 9.88 Å². The lowest BCUT2D eigenvalue weighted by molar-refractivity contribution is -0.137. The maximum absolute atomic E-state index is 13.5. The van der Waals surface area contributed by atoms with E-state index in [1.165, 1.54) is 29.4 Å². The summed E-state index contributed by atoms with van der Waals surface area (Å²) in [4.78, 5) is 16.9. The van der Waals surface area contributed by atoms with Crippen LogP contribution in [0.5, 0.6) is 0 Å².